The van der Waals surface area contributed by atoms with Crippen LogP contribution in [0.3, 0.4) is 0 Å². The van der Waals surface area contributed by atoms with Crippen LogP contribution < -0.4 is 9.47 Å². The Labute approximate surface area is 252 Å². The Balaban J connectivity index is 1.22. The van der Waals surface area contributed by atoms with Crippen molar-refractivity contribution in [1.82, 2.24) is 4.90 Å². The molecule has 2 fully saturated rings. The molecule has 1 saturated heterocycles. The van der Waals surface area contributed by atoms with E-state index in [0.29, 0.717) is 29.4 Å². The number of hydrogen-bond donors (Lipinski definition) is 0. The van der Waals surface area contributed by atoms with Crippen molar-refractivity contribution >= 4 is 33.2 Å². The molecule has 218 valence electrons. The second kappa shape index (κ2) is 13.7. The van der Waals surface area contributed by atoms with Crippen LogP contribution in [0.15, 0.2) is 72.8 Å². The number of carbonyl (C=O) groups excluding carboxylic acids is 2. The first-order valence-electron chi connectivity index (χ1n) is 15.5. The van der Waals surface area contributed by atoms with Crippen molar-refractivity contribution in [2.45, 2.75) is 63.7 Å². The number of fused-ring (bicyclic) bond motifs is 1. The van der Waals surface area contributed by atoms with Crippen molar-refractivity contribution in [3.8, 4) is 11.5 Å². The van der Waals surface area contributed by atoms with Gasteiger partial charge in [-0.05, 0) is 106 Å². The maximum atomic E-state index is 14.1. The van der Waals surface area contributed by atoms with E-state index in [1.54, 1.807) is 23.5 Å². The first-order chi connectivity index (χ1) is 20.7. The van der Waals surface area contributed by atoms with Crippen LogP contribution in [0.4, 0.5) is 0 Å². The van der Waals surface area contributed by atoms with E-state index in [-0.39, 0.29) is 11.8 Å². The highest BCUT2D eigenvalue weighted by atomic mass is 32.1. The Bertz CT molecular complexity index is 1500. The number of esters is 1. The minimum atomic E-state index is -0.384. The molecule has 4 aromatic rings. The van der Waals surface area contributed by atoms with Gasteiger partial charge in [-0.15, -0.1) is 11.3 Å². The third-order valence-corrected chi connectivity index (χ3v) is 9.88. The normalized spacial score (nSPS) is 16.4. The van der Waals surface area contributed by atoms with Gasteiger partial charge in [0.25, 0.3) is 0 Å². The fourth-order valence-electron chi connectivity index (χ4n) is 6.29. The lowest BCUT2D eigenvalue weighted by atomic mass is 9.91. The molecular formula is C36H39NO4S. The Morgan fingerprint density at radius 1 is 0.786 bits per heavy atom. The number of ether oxygens (including phenoxy) is 2. The zero-order chi connectivity index (χ0) is 28.7. The van der Waals surface area contributed by atoms with Crippen LogP contribution in [0.1, 0.15) is 94.9 Å². The van der Waals surface area contributed by atoms with Gasteiger partial charge >= 0.3 is 5.97 Å². The van der Waals surface area contributed by atoms with Gasteiger partial charge in [0.2, 0.25) is 0 Å². The molecule has 3 aromatic carbocycles. The number of ketones is 1. The van der Waals surface area contributed by atoms with Gasteiger partial charge in [0.15, 0.2) is 5.78 Å². The van der Waals surface area contributed by atoms with E-state index in [0.717, 1.165) is 47.2 Å². The van der Waals surface area contributed by atoms with Gasteiger partial charge in [-0.2, -0.15) is 0 Å². The molecule has 1 saturated carbocycles. The lowest BCUT2D eigenvalue weighted by Crippen LogP contribution is -2.21. The van der Waals surface area contributed by atoms with Crippen molar-refractivity contribution in [3.63, 3.8) is 0 Å². The van der Waals surface area contributed by atoms with Crippen molar-refractivity contribution in [2.75, 3.05) is 26.2 Å². The fourth-order valence-corrected chi connectivity index (χ4v) is 7.69. The highest BCUT2D eigenvalue weighted by molar-refractivity contribution is 7.19. The van der Waals surface area contributed by atoms with Crippen LogP contribution in [0.25, 0.3) is 10.1 Å². The summed E-state index contributed by atoms with van der Waals surface area (Å²) in [6.07, 6.45) is 10.7. The number of benzene rings is 3. The standard InChI is InChI=1S/C36H39NO4S/c38-34(26-15-17-29(18-16-26)40-24-10-23-37-21-8-9-22-37)33-31-20-19-30(41-36(39)28-13-6-3-7-14-28)25-32(31)42-35(33)27-11-4-1-2-5-12-27/h3,6-7,13-20,25,27H,1-2,4-5,8-12,21-24H2. The number of hydrogen-bond acceptors (Lipinski definition) is 6. The minimum absolute atomic E-state index is 0.0510. The van der Waals surface area contributed by atoms with Gasteiger partial charge in [0, 0.05) is 32.6 Å². The molecule has 0 N–H and O–H groups in total. The molecule has 0 bridgehead atoms. The van der Waals surface area contributed by atoms with Gasteiger partial charge in [-0.3, -0.25) is 4.79 Å². The van der Waals surface area contributed by atoms with Crippen LogP contribution in [0, 0.1) is 0 Å². The molecule has 0 radical (unpaired) electrons. The van der Waals surface area contributed by atoms with E-state index < -0.39 is 0 Å². The molecule has 6 rings (SSSR count). The van der Waals surface area contributed by atoms with E-state index in [1.807, 2.05) is 60.7 Å². The van der Waals surface area contributed by atoms with Gasteiger partial charge in [0.1, 0.15) is 11.5 Å². The predicted molar refractivity (Wildman–Crippen MR) is 169 cm³/mol. The predicted octanol–water partition coefficient (Wildman–Crippen LogP) is 8.65. The largest absolute Gasteiger partial charge is 0.494 e. The highest BCUT2D eigenvalue weighted by Crippen LogP contribution is 2.43. The van der Waals surface area contributed by atoms with Crippen molar-refractivity contribution < 1.29 is 19.1 Å². The molecule has 6 heteroatoms. The first-order valence-corrected chi connectivity index (χ1v) is 16.3. The summed E-state index contributed by atoms with van der Waals surface area (Å²) < 4.78 is 12.7. The number of nitrogens with zero attached hydrogens (tertiary/aromatic N) is 1. The average molecular weight is 582 g/mol. The van der Waals surface area contributed by atoms with Crippen LogP contribution in [-0.2, 0) is 0 Å². The molecule has 1 aliphatic heterocycles. The molecule has 42 heavy (non-hydrogen) atoms. The second-order valence-corrected chi connectivity index (χ2v) is 12.6. The highest BCUT2D eigenvalue weighted by Gasteiger charge is 2.27. The lowest BCUT2D eigenvalue weighted by molar-refractivity contribution is 0.0734. The topological polar surface area (TPSA) is 55.8 Å². The molecule has 0 spiro atoms. The summed E-state index contributed by atoms with van der Waals surface area (Å²) in [5, 5.41) is 0.936. The molecule has 0 amide bonds. The maximum Gasteiger partial charge on any atom is 0.343 e. The Hall–Kier alpha value is -3.48. The molecule has 1 aliphatic carbocycles. The van der Waals surface area contributed by atoms with Crippen LogP contribution in [0.5, 0.6) is 11.5 Å². The number of rotatable bonds is 10. The van der Waals surface area contributed by atoms with Crippen molar-refractivity contribution in [3.05, 3.63) is 94.4 Å². The third-order valence-electron chi connectivity index (χ3n) is 8.56. The molecule has 0 unspecified atom stereocenters. The van der Waals surface area contributed by atoms with E-state index >= 15 is 0 Å². The summed E-state index contributed by atoms with van der Waals surface area (Å²) in [7, 11) is 0. The maximum absolute atomic E-state index is 14.1. The van der Waals surface area contributed by atoms with Gasteiger partial charge < -0.3 is 14.4 Å². The minimum Gasteiger partial charge on any atom is -0.494 e. The molecular weight excluding hydrogens is 542 g/mol. The van der Waals surface area contributed by atoms with Crippen molar-refractivity contribution in [2.24, 2.45) is 0 Å². The van der Waals surface area contributed by atoms with Crippen molar-refractivity contribution in [1.29, 1.82) is 0 Å². The third kappa shape index (κ3) is 6.77. The summed E-state index contributed by atoms with van der Waals surface area (Å²) in [6.45, 7) is 4.18. The van der Waals surface area contributed by atoms with Crippen LogP contribution in [-0.4, -0.2) is 42.9 Å². The molecule has 1 aromatic heterocycles. The van der Waals surface area contributed by atoms with E-state index in [2.05, 4.69) is 4.90 Å². The van der Waals surface area contributed by atoms with E-state index in [9.17, 15) is 9.59 Å². The smallest absolute Gasteiger partial charge is 0.343 e. The number of carbonyl (C=O) groups is 2. The van der Waals surface area contributed by atoms with E-state index in [1.165, 1.54) is 56.5 Å². The zero-order valence-corrected chi connectivity index (χ0v) is 25.0. The summed E-state index contributed by atoms with van der Waals surface area (Å²) in [5.41, 5.74) is 1.99. The van der Waals surface area contributed by atoms with Gasteiger partial charge in [-0.25, -0.2) is 4.79 Å². The summed E-state index contributed by atoms with van der Waals surface area (Å²) >= 11 is 1.69. The van der Waals surface area contributed by atoms with Gasteiger partial charge in [0.05, 0.1) is 12.2 Å². The lowest BCUT2D eigenvalue weighted by Gasteiger charge is -2.15. The Kier molecular flexibility index (Phi) is 9.31. The Morgan fingerprint density at radius 2 is 1.50 bits per heavy atom. The number of thiophene rings is 1. The fraction of sp³-hybridized carbons (Fsp3) is 0.389. The molecule has 5 nitrogen and oxygen atoms in total. The van der Waals surface area contributed by atoms with Crippen LogP contribution in [0.2, 0.25) is 0 Å². The SMILES string of the molecule is O=C(Oc1ccc2c(C(=O)c3ccc(OCCCN4CCCC4)cc3)c(C3CCCCCC3)sc2c1)c1ccccc1. The first kappa shape index (κ1) is 28.6. The molecule has 0 atom stereocenters. The second-order valence-electron chi connectivity index (χ2n) is 11.5. The molecule has 2 heterocycles. The van der Waals surface area contributed by atoms with E-state index in [4.69, 9.17) is 9.47 Å². The monoisotopic (exact) mass is 581 g/mol. The zero-order valence-electron chi connectivity index (χ0n) is 24.2. The summed E-state index contributed by atoms with van der Waals surface area (Å²) in [6, 6.07) is 22.3. The Morgan fingerprint density at radius 3 is 2.24 bits per heavy atom. The molecule has 2 aliphatic rings. The summed E-state index contributed by atoms with van der Waals surface area (Å²) in [4.78, 5) is 30.5. The number of likely N-dealkylation sites (tertiary alicyclic amines) is 1. The summed E-state index contributed by atoms with van der Waals surface area (Å²) in [5.74, 6) is 1.34. The quantitative estimate of drug-likeness (QED) is 0.0617. The average Bonchev–Trinajstić information content (AvgIpc) is 3.59. The van der Waals surface area contributed by atoms with Gasteiger partial charge in [-0.1, -0.05) is 43.9 Å². The van der Waals surface area contributed by atoms with Crippen LogP contribution >= 0.6 is 11.3 Å².